The van der Waals surface area contributed by atoms with E-state index in [-0.39, 0.29) is 5.82 Å². The van der Waals surface area contributed by atoms with Crippen LogP contribution in [0.4, 0.5) is 4.39 Å². The van der Waals surface area contributed by atoms with E-state index in [2.05, 4.69) is 15.6 Å². The molecule has 1 aliphatic carbocycles. The number of thioether (sulfide) groups is 1. The van der Waals surface area contributed by atoms with E-state index < -0.39 is 0 Å². The van der Waals surface area contributed by atoms with Gasteiger partial charge in [-0.1, -0.05) is 18.9 Å². The standard InChI is InChI=1S/C20H32FN3OS/c1-22-19(24-15-20(10-11-25-2)8-4-5-9-20)23-13-16-6-7-18(21)12-17(16)14-26-3/h6-7,12H,4-5,8-11,13-15H2,1-3H3,(H2,22,23,24). The van der Waals surface area contributed by atoms with E-state index >= 15 is 0 Å². The molecule has 2 rings (SSSR count). The summed E-state index contributed by atoms with van der Waals surface area (Å²) >= 11 is 1.70. The zero-order valence-corrected chi connectivity index (χ0v) is 17.1. The van der Waals surface area contributed by atoms with Crippen LogP contribution in [0.25, 0.3) is 0 Å². The normalized spacial score (nSPS) is 16.7. The molecule has 0 saturated heterocycles. The van der Waals surface area contributed by atoms with Crippen molar-refractivity contribution >= 4 is 17.7 Å². The Morgan fingerprint density at radius 2 is 2.04 bits per heavy atom. The lowest BCUT2D eigenvalue weighted by Gasteiger charge is -2.30. The van der Waals surface area contributed by atoms with Crippen molar-refractivity contribution in [1.29, 1.82) is 0 Å². The van der Waals surface area contributed by atoms with E-state index in [9.17, 15) is 4.39 Å². The van der Waals surface area contributed by atoms with Gasteiger partial charge >= 0.3 is 0 Å². The van der Waals surface area contributed by atoms with Gasteiger partial charge in [-0.3, -0.25) is 4.99 Å². The van der Waals surface area contributed by atoms with Crippen LogP contribution in [0.15, 0.2) is 23.2 Å². The Labute approximate surface area is 161 Å². The average molecular weight is 382 g/mol. The molecule has 2 N–H and O–H groups in total. The maximum Gasteiger partial charge on any atom is 0.191 e. The molecule has 0 bridgehead atoms. The number of benzene rings is 1. The van der Waals surface area contributed by atoms with Gasteiger partial charge in [0.25, 0.3) is 0 Å². The van der Waals surface area contributed by atoms with Crippen LogP contribution >= 0.6 is 11.8 Å². The lowest BCUT2D eigenvalue weighted by molar-refractivity contribution is 0.138. The Balaban J connectivity index is 1.91. The summed E-state index contributed by atoms with van der Waals surface area (Å²) in [5, 5.41) is 6.88. The first-order chi connectivity index (χ1) is 12.6. The Hall–Kier alpha value is -1.27. The molecule has 0 radical (unpaired) electrons. The van der Waals surface area contributed by atoms with Crippen molar-refractivity contribution in [3.63, 3.8) is 0 Å². The summed E-state index contributed by atoms with van der Waals surface area (Å²) in [6.45, 7) is 2.36. The van der Waals surface area contributed by atoms with Crippen molar-refractivity contribution in [1.82, 2.24) is 10.6 Å². The minimum atomic E-state index is -0.179. The van der Waals surface area contributed by atoms with Crippen LogP contribution in [0.5, 0.6) is 0 Å². The quantitative estimate of drug-likeness (QED) is 0.502. The van der Waals surface area contributed by atoms with Crippen molar-refractivity contribution in [2.75, 3.05) is 33.6 Å². The van der Waals surface area contributed by atoms with E-state index in [1.807, 2.05) is 12.3 Å². The van der Waals surface area contributed by atoms with Crippen LogP contribution in [-0.4, -0.2) is 39.5 Å². The fourth-order valence-corrected chi connectivity index (χ4v) is 4.27. The minimum Gasteiger partial charge on any atom is -0.385 e. The second-order valence-corrected chi connectivity index (χ2v) is 7.94. The molecule has 4 nitrogen and oxygen atoms in total. The fraction of sp³-hybridized carbons (Fsp3) is 0.650. The Morgan fingerprint density at radius 3 is 2.69 bits per heavy atom. The van der Waals surface area contributed by atoms with Crippen molar-refractivity contribution in [2.45, 2.75) is 44.4 Å². The fourth-order valence-electron chi connectivity index (χ4n) is 3.69. The van der Waals surface area contributed by atoms with Crippen LogP contribution in [0, 0.1) is 11.2 Å². The highest BCUT2D eigenvalue weighted by Gasteiger charge is 2.33. The molecule has 1 saturated carbocycles. The highest BCUT2D eigenvalue weighted by molar-refractivity contribution is 7.97. The van der Waals surface area contributed by atoms with Crippen LogP contribution in [-0.2, 0) is 17.0 Å². The molecule has 6 heteroatoms. The van der Waals surface area contributed by atoms with Gasteiger partial charge in [0.1, 0.15) is 5.82 Å². The number of nitrogens with one attached hydrogen (secondary N) is 2. The second-order valence-electron chi connectivity index (χ2n) is 7.08. The monoisotopic (exact) mass is 381 g/mol. The molecule has 0 spiro atoms. The lowest BCUT2D eigenvalue weighted by atomic mass is 9.83. The molecule has 0 aromatic heterocycles. The summed E-state index contributed by atoms with van der Waals surface area (Å²) in [7, 11) is 3.56. The zero-order valence-electron chi connectivity index (χ0n) is 16.2. The van der Waals surface area contributed by atoms with E-state index in [1.54, 1.807) is 32.0 Å². The van der Waals surface area contributed by atoms with E-state index in [4.69, 9.17) is 4.74 Å². The van der Waals surface area contributed by atoms with E-state index in [1.165, 1.54) is 31.7 Å². The number of ether oxygens (including phenoxy) is 1. The molecule has 0 aliphatic heterocycles. The Kier molecular flexibility index (Phi) is 8.72. The highest BCUT2D eigenvalue weighted by atomic mass is 32.2. The molecule has 1 aromatic carbocycles. The molecule has 0 atom stereocenters. The molecular formula is C20H32FN3OS. The Morgan fingerprint density at radius 1 is 1.27 bits per heavy atom. The van der Waals surface area contributed by atoms with Crippen molar-refractivity contribution in [2.24, 2.45) is 10.4 Å². The molecule has 0 heterocycles. The van der Waals surface area contributed by atoms with E-state index in [0.717, 1.165) is 42.4 Å². The third-order valence-electron chi connectivity index (χ3n) is 5.27. The van der Waals surface area contributed by atoms with Gasteiger partial charge in [0.15, 0.2) is 5.96 Å². The summed E-state index contributed by atoms with van der Waals surface area (Å²) in [6, 6.07) is 5.01. The summed E-state index contributed by atoms with van der Waals surface area (Å²) in [6.07, 6.45) is 8.20. The minimum absolute atomic E-state index is 0.179. The number of hydrogen-bond donors (Lipinski definition) is 2. The lowest BCUT2D eigenvalue weighted by Crippen LogP contribution is -2.43. The summed E-state index contributed by atoms with van der Waals surface area (Å²) in [5.74, 6) is 1.43. The SMILES string of the molecule is CN=C(NCc1ccc(F)cc1CSC)NCC1(CCOC)CCCC1. The molecular weight excluding hydrogens is 349 g/mol. The van der Waals surface area contributed by atoms with Crippen molar-refractivity contribution in [3.05, 3.63) is 35.1 Å². The van der Waals surface area contributed by atoms with Crippen molar-refractivity contribution in [3.8, 4) is 0 Å². The number of rotatable bonds is 9. The number of halogens is 1. The first-order valence-electron chi connectivity index (χ1n) is 9.32. The second kappa shape index (κ2) is 10.8. The van der Waals surface area contributed by atoms with Gasteiger partial charge < -0.3 is 15.4 Å². The Bertz CT molecular complexity index is 588. The largest absolute Gasteiger partial charge is 0.385 e. The van der Waals surface area contributed by atoms with Crippen LogP contribution in [0.2, 0.25) is 0 Å². The van der Waals surface area contributed by atoms with Gasteiger partial charge in [-0.05, 0) is 54.2 Å². The first-order valence-corrected chi connectivity index (χ1v) is 10.7. The molecule has 0 amide bonds. The summed E-state index contributed by atoms with van der Waals surface area (Å²) < 4.78 is 18.8. The van der Waals surface area contributed by atoms with Gasteiger partial charge in [0.05, 0.1) is 0 Å². The third-order valence-corrected chi connectivity index (χ3v) is 5.87. The summed E-state index contributed by atoms with van der Waals surface area (Å²) in [5.41, 5.74) is 2.46. The number of aliphatic imine (C=N–C) groups is 1. The average Bonchev–Trinajstić information content (AvgIpc) is 3.11. The first kappa shape index (κ1) is 21.0. The molecule has 26 heavy (non-hydrogen) atoms. The number of guanidine groups is 1. The van der Waals surface area contributed by atoms with Crippen LogP contribution < -0.4 is 10.6 Å². The smallest absolute Gasteiger partial charge is 0.191 e. The van der Waals surface area contributed by atoms with Gasteiger partial charge in [0, 0.05) is 39.6 Å². The van der Waals surface area contributed by atoms with Crippen LogP contribution in [0.3, 0.4) is 0 Å². The maximum absolute atomic E-state index is 13.5. The molecule has 0 unspecified atom stereocenters. The maximum atomic E-state index is 13.5. The summed E-state index contributed by atoms with van der Waals surface area (Å²) in [4.78, 5) is 4.35. The predicted octanol–water partition coefficient (Wildman–Crippen LogP) is 3.95. The van der Waals surface area contributed by atoms with Gasteiger partial charge in [-0.15, -0.1) is 0 Å². The predicted molar refractivity (Wildman–Crippen MR) is 109 cm³/mol. The van der Waals surface area contributed by atoms with Crippen LogP contribution in [0.1, 0.15) is 43.2 Å². The number of hydrogen-bond acceptors (Lipinski definition) is 3. The number of methoxy groups -OCH3 is 1. The van der Waals surface area contributed by atoms with Gasteiger partial charge in [-0.25, -0.2) is 4.39 Å². The zero-order chi connectivity index (χ0) is 18.8. The molecule has 1 aliphatic rings. The highest BCUT2D eigenvalue weighted by Crippen LogP contribution is 2.40. The molecule has 146 valence electrons. The van der Waals surface area contributed by atoms with Crippen molar-refractivity contribution < 1.29 is 9.13 Å². The van der Waals surface area contributed by atoms with E-state index in [0.29, 0.717) is 12.0 Å². The number of nitrogens with zero attached hydrogens (tertiary/aromatic N) is 1. The van der Waals surface area contributed by atoms with Gasteiger partial charge in [-0.2, -0.15) is 11.8 Å². The molecule has 1 aromatic rings. The van der Waals surface area contributed by atoms with Gasteiger partial charge in [0.2, 0.25) is 0 Å². The molecule has 1 fully saturated rings. The topological polar surface area (TPSA) is 45.7 Å². The third kappa shape index (κ3) is 6.16.